The van der Waals surface area contributed by atoms with Crippen molar-refractivity contribution in [3.05, 3.63) is 23.8 Å². The van der Waals surface area contributed by atoms with Gasteiger partial charge in [0.2, 0.25) is 11.8 Å². The first-order valence-electron chi connectivity index (χ1n) is 9.50. The number of amides is 2. The van der Waals surface area contributed by atoms with Gasteiger partial charge in [0.25, 0.3) is 0 Å². The monoisotopic (exact) mass is 360 g/mol. The van der Waals surface area contributed by atoms with Gasteiger partial charge in [0.1, 0.15) is 0 Å². The van der Waals surface area contributed by atoms with E-state index in [9.17, 15) is 9.59 Å². The Kier molecular flexibility index (Phi) is 6.36. The van der Waals surface area contributed by atoms with Crippen molar-refractivity contribution in [2.24, 2.45) is 5.92 Å². The first-order valence-corrected chi connectivity index (χ1v) is 9.50. The van der Waals surface area contributed by atoms with Gasteiger partial charge >= 0.3 is 0 Å². The zero-order valence-corrected chi connectivity index (χ0v) is 15.5. The molecule has 1 unspecified atom stereocenters. The van der Waals surface area contributed by atoms with Crippen molar-refractivity contribution in [3.8, 4) is 11.5 Å². The minimum atomic E-state index is -0.00140. The van der Waals surface area contributed by atoms with E-state index in [-0.39, 0.29) is 17.7 Å². The van der Waals surface area contributed by atoms with Crippen molar-refractivity contribution in [3.63, 3.8) is 0 Å². The summed E-state index contributed by atoms with van der Waals surface area (Å²) in [5, 5.41) is 2.99. The van der Waals surface area contributed by atoms with Crippen molar-refractivity contribution in [1.82, 2.24) is 10.2 Å². The first kappa shape index (κ1) is 18.5. The second kappa shape index (κ2) is 8.92. The fraction of sp³-hybridized carbons (Fsp3) is 0.600. The average molecular weight is 360 g/mol. The maximum atomic E-state index is 12.2. The number of nitrogens with zero attached hydrogens (tertiary/aromatic N) is 1. The molecule has 0 saturated carbocycles. The van der Waals surface area contributed by atoms with Gasteiger partial charge in [-0.05, 0) is 30.9 Å². The quantitative estimate of drug-likeness (QED) is 0.844. The van der Waals surface area contributed by atoms with Gasteiger partial charge in [-0.15, -0.1) is 0 Å². The van der Waals surface area contributed by atoms with Crippen LogP contribution in [0.25, 0.3) is 0 Å². The molecular formula is C20H28N2O4. The Bertz CT molecular complexity index is 647. The molecule has 1 saturated heterocycles. The molecule has 2 heterocycles. The second-order valence-electron chi connectivity index (χ2n) is 7.08. The van der Waals surface area contributed by atoms with Gasteiger partial charge in [0.05, 0.1) is 13.7 Å². The van der Waals surface area contributed by atoms with Crippen molar-refractivity contribution in [2.45, 2.75) is 38.5 Å². The van der Waals surface area contributed by atoms with Gasteiger partial charge in [-0.3, -0.25) is 9.59 Å². The number of ether oxygens (including phenoxy) is 2. The maximum absolute atomic E-state index is 12.2. The van der Waals surface area contributed by atoms with E-state index in [0.29, 0.717) is 32.5 Å². The van der Waals surface area contributed by atoms with Gasteiger partial charge in [0.15, 0.2) is 11.5 Å². The number of nitrogens with one attached hydrogen (secondary N) is 1. The third-order valence-corrected chi connectivity index (χ3v) is 5.12. The summed E-state index contributed by atoms with van der Waals surface area (Å²) in [7, 11) is 1.64. The summed E-state index contributed by atoms with van der Waals surface area (Å²) in [5.41, 5.74) is 1.12. The molecule has 6 nitrogen and oxygen atoms in total. The SMILES string of the molecule is COc1cccc2c1OCC(CNC(=O)CCN1CCCCCC1=O)C2. The van der Waals surface area contributed by atoms with E-state index < -0.39 is 0 Å². The number of fused-ring (bicyclic) bond motifs is 1. The number of carbonyl (C=O) groups excluding carboxylic acids is 2. The molecule has 1 fully saturated rings. The van der Waals surface area contributed by atoms with E-state index in [1.165, 1.54) is 0 Å². The lowest BCUT2D eigenvalue weighted by atomic mass is 9.96. The molecule has 1 aromatic rings. The number of likely N-dealkylation sites (tertiary alicyclic amines) is 1. The van der Waals surface area contributed by atoms with Crippen LogP contribution in [0, 0.1) is 5.92 Å². The van der Waals surface area contributed by atoms with Crippen molar-refractivity contribution in [1.29, 1.82) is 0 Å². The van der Waals surface area contributed by atoms with E-state index in [1.54, 1.807) is 7.11 Å². The van der Waals surface area contributed by atoms with Gasteiger partial charge in [-0.2, -0.15) is 0 Å². The van der Waals surface area contributed by atoms with Crippen LogP contribution >= 0.6 is 0 Å². The standard InChI is InChI=1S/C20H28N2O4/c1-25-17-7-5-6-16-12-15(14-26-20(16)17)13-21-18(23)9-11-22-10-4-2-3-8-19(22)24/h5-7,15H,2-4,8-14H2,1H3,(H,21,23). The minimum Gasteiger partial charge on any atom is -0.493 e. The Morgan fingerprint density at radius 3 is 3.08 bits per heavy atom. The van der Waals surface area contributed by atoms with Gasteiger partial charge in [-0.25, -0.2) is 0 Å². The lowest BCUT2D eigenvalue weighted by Crippen LogP contribution is -2.38. The van der Waals surface area contributed by atoms with E-state index >= 15 is 0 Å². The first-order chi connectivity index (χ1) is 12.7. The molecular weight excluding hydrogens is 332 g/mol. The van der Waals surface area contributed by atoms with E-state index in [0.717, 1.165) is 49.3 Å². The number of hydrogen-bond donors (Lipinski definition) is 1. The smallest absolute Gasteiger partial charge is 0.222 e. The number of para-hydroxylation sites is 1. The Hall–Kier alpha value is -2.24. The third kappa shape index (κ3) is 4.68. The van der Waals surface area contributed by atoms with Crippen LogP contribution in [0.5, 0.6) is 11.5 Å². The summed E-state index contributed by atoms with van der Waals surface area (Å²) in [4.78, 5) is 26.0. The number of rotatable bonds is 6. The summed E-state index contributed by atoms with van der Waals surface area (Å²) < 4.78 is 11.2. The molecule has 26 heavy (non-hydrogen) atoms. The highest BCUT2D eigenvalue weighted by atomic mass is 16.5. The normalized spacial score (nSPS) is 20.0. The molecule has 0 aromatic heterocycles. The van der Waals surface area contributed by atoms with Crippen LogP contribution in [0.3, 0.4) is 0 Å². The van der Waals surface area contributed by atoms with E-state index in [2.05, 4.69) is 5.32 Å². The molecule has 1 aromatic carbocycles. The summed E-state index contributed by atoms with van der Waals surface area (Å²) in [6.07, 6.45) is 4.94. The molecule has 2 aliphatic heterocycles. The Morgan fingerprint density at radius 2 is 2.23 bits per heavy atom. The highest BCUT2D eigenvalue weighted by Gasteiger charge is 2.23. The summed E-state index contributed by atoms with van der Waals surface area (Å²) in [5.74, 6) is 2.00. The lowest BCUT2D eigenvalue weighted by Gasteiger charge is -2.27. The topological polar surface area (TPSA) is 67.9 Å². The van der Waals surface area contributed by atoms with Gasteiger partial charge in [-0.1, -0.05) is 18.6 Å². The predicted molar refractivity (Wildman–Crippen MR) is 98.4 cm³/mol. The number of carbonyl (C=O) groups is 2. The molecule has 0 spiro atoms. The molecule has 1 atom stereocenters. The Morgan fingerprint density at radius 1 is 1.35 bits per heavy atom. The molecule has 0 radical (unpaired) electrons. The zero-order valence-electron chi connectivity index (χ0n) is 15.5. The number of hydrogen-bond acceptors (Lipinski definition) is 4. The fourth-order valence-electron chi connectivity index (χ4n) is 3.61. The van der Waals surface area contributed by atoms with Crippen LogP contribution in [0.1, 0.15) is 37.7 Å². The second-order valence-corrected chi connectivity index (χ2v) is 7.08. The molecule has 142 valence electrons. The zero-order chi connectivity index (χ0) is 18.4. The number of methoxy groups -OCH3 is 1. The van der Waals surface area contributed by atoms with Crippen molar-refractivity contribution < 1.29 is 19.1 Å². The minimum absolute atomic E-state index is 0.00140. The van der Waals surface area contributed by atoms with Crippen LogP contribution in [0.15, 0.2) is 18.2 Å². The molecule has 3 rings (SSSR count). The summed E-state index contributed by atoms with van der Waals surface area (Å²) in [6, 6.07) is 5.89. The van der Waals surface area contributed by atoms with E-state index in [1.807, 2.05) is 23.1 Å². The predicted octanol–water partition coefficient (Wildman–Crippen LogP) is 2.16. The van der Waals surface area contributed by atoms with Crippen molar-refractivity contribution >= 4 is 11.8 Å². The van der Waals surface area contributed by atoms with Crippen LogP contribution in [-0.2, 0) is 16.0 Å². The fourth-order valence-corrected chi connectivity index (χ4v) is 3.61. The molecule has 0 bridgehead atoms. The van der Waals surface area contributed by atoms with Crippen molar-refractivity contribution in [2.75, 3.05) is 33.4 Å². The highest BCUT2D eigenvalue weighted by Crippen LogP contribution is 2.35. The third-order valence-electron chi connectivity index (χ3n) is 5.12. The molecule has 2 aliphatic rings. The largest absolute Gasteiger partial charge is 0.493 e. The van der Waals surface area contributed by atoms with Crippen LogP contribution < -0.4 is 14.8 Å². The number of benzene rings is 1. The van der Waals surface area contributed by atoms with Crippen LogP contribution in [0.2, 0.25) is 0 Å². The van der Waals surface area contributed by atoms with Gasteiger partial charge < -0.3 is 19.7 Å². The molecule has 1 N–H and O–H groups in total. The van der Waals surface area contributed by atoms with Crippen LogP contribution in [-0.4, -0.2) is 50.1 Å². The van der Waals surface area contributed by atoms with Crippen LogP contribution in [0.4, 0.5) is 0 Å². The Balaban J connectivity index is 1.43. The van der Waals surface area contributed by atoms with Gasteiger partial charge in [0, 0.05) is 38.4 Å². The Labute approximate surface area is 154 Å². The molecule has 2 amide bonds. The maximum Gasteiger partial charge on any atom is 0.222 e. The molecule has 0 aliphatic carbocycles. The highest BCUT2D eigenvalue weighted by molar-refractivity contribution is 5.79. The summed E-state index contributed by atoms with van der Waals surface area (Å²) in [6.45, 7) is 2.45. The van der Waals surface area contributed by atoms with E-state index in [4.69, 9.17) is 9.47 Å². The lowest BCUT2D eigenvalue weighted by molar-refractivity contribution is -0.131. The molecule has 6 heteroatoms. The summed E-state index contributed by atoms with van der Waals surface area (Å²) >= 11 is 0. The average Bonchev–Trinajstić information content (AvgIpc) is 2.88.